The van der Waals surface area contributed by atoms with E-state index >= 15 is 0 Å². The fourth-order valence-corrected chi connectivity index (χ4v) is 2.73. The van der Waals surface area contributed by atoms with E-state index in [-0.39, 0.29) is 0 Å². The molecule has 0 fully saturated rings. The molecule has 3 nitrogen and oxygen atoms in total. The van der Waals surface area contributed by atoms with Gasteiger partial charge in [0.25, 0.3) is 0 Å². The minimum absolute atomic E-state index is 0.544. The molecule has 0 aliphatic rings. The lowest BCUT2D eigenvalue weighted by atomic mass is 10.0. The van der Waals surface area contributed by atoms with Crippen molar-refractivity contribution < 1.29 is 0 Å². The van der Waals surface area contributed by atoms with Gasteiger partial charge in [-0.15, -0.1) is 11.3 Å². The van der Waals surface area contributed by atoms with Gasteiger partial charge in [0.2, 0.25) is 0 Å². The highest BCUT2D eigenvalue weighted by molar-refractivity contribution is 7.15. The Labute approximate surface area is 107 Å². The molecule has 94 valence electrons. The van der Waals surface area contributed by atoms with E-state index in [9.17, 15) is 0 Å². The van der Waals surface area contributed by atoms with Gasteiger partial charge in [-0.3, -0.25) is 4.40 Å². The smallest absolute Gasteiger partial charge is 0.193 e. The number of nitrogens with zero attached hydrogens (tertiary/aromatic N) is 2. The van der Waals surface area contributed by atoms with Gasteiger partial charge in [-0.25, -0.2) is 4.98 Å². The molecule has 2 aromatic rings. The highest BCUT2D eigenvalue weighted by Gasteiger charge is 2.11. The van der Waals surface area contributed by atoms with E-state index in [0.717, 1.165) is 17.3 Å². The number of rotatable bonds is 6. The molecule has 0 spiro atoms. The van der Waals surface area contributed by atoms with Crippen LogP contribution in [0.15, 0.2) is 17.8 Å². The number of likely N-dealkylation sites (N-methyl/N-ethyl adjacent to an activating group) is 1. The van der Waals surface area contributed by atoms with Gasteiger partial charge in [0.05, 0.1) is 5.69 Å². The van der Waals surface area contributed by atoms with E-state index in [0.29, 0.717) is 6.04 Å². The number of fused-ring (bicyclic) bond motifs is 1. The Balaban J connectivity index is 1.95. The molecular formula is C13H21N3S. The van der Waals surface area contributed by atoms with Gasteiger partial charge in [-0.2, -0.15) is 0 Å². The van der Waals surface area contributed by atoms with Crippen LogP contribution in [-0.4, -0.2) is 22.5 Å². The third-order valence-corrected chi connectivity index (χ3v) is 3.87. The van der Waals surface area contributed by atoms with E-state index in [1.807, 2.05) is 7.05 Å². The molecular weight excluding hydrogens is 230 g/mol. The summed E-state index contributed by atoms with van der Waals surface area (Å²) in [5.74, 6) is 0.774. The summed E-state index contributed by atoms with van der Waals surface area (Å²) < 4.78 is 2.11. The number of imidazole rings is 1. The summed E-state index contributed by atoms with van der Waals surface area (Å²) in [6.07, 6.45) is 7.73. The molecule has 0 amide bonds. The lowest BCUT2D eigenvalue weighted by Crippen LogP contribution is -2.28. The summed E-state index contributed by atoms with van der Waals surface area (Å²) in [7, 11) is 2.05. The summed E-state index contributed by atoms with van der Waals surface area (Å²) in [6, 6.07) is 0.544. The van der Waals surface area contributed by atoms with Gasteiger partial charge in [0.15, 0.2) is 4.96 Å². The molecule has 1 N–H and O–H groups in total. The SMILES string of the molecule is CNC(CCC(C)C)Cc1cn2ccsc2n1. The highest BCUT2D eigenvalue weighted by atomic mass is 32.1. The third kappa shape index (κ3) is 3.30. The Bertz CT molecular complexity index is 429. The number of hydrogen-bond acceptors (Lipinski definition) is 3. The van der Waals surface area contributed by atoms with Crippen molar-refractivity contribution in [2.45, 2.75) is 39.2 Å². The lowest BCUT2D eigenvalue weighted by Gasteiger charge is -2.15. The standard InChI is InChI=1S/C13H21N3S/c1-10(2)4-5-11(14-3)8-12-9-16-6-7-17-13(16)15-12/h6-7,9-11,14H,4-5,8H2,1-3H3. The zero-order valence-electron chi connectivity index (χ0n) is 10.8. The van der Waals surface area contributed by atoms with E-state index < -0.39 is 0 Å². The van der Waals surface area contributed by atoms with Crippen molar-refractivity contribution in [3.63, 3.8) is 0 Å². The first kappa shape index (κ1) is 12.6. The highest BCUT2D eigenvalue weighted by Crippen LogP contribution is 2.15. The fraction of sp³-hybridized carbons (Fsp3) is 0.615. The van der Waals surface area contributed by atoms with Crippen molar-refractivity contribution in [1.29, 1.82) is 0 Å². The molecule has 0 saturated heterocycles. The lowest BCUT2D eigenvalue weighted by molar-refractivity contribution is 0.448. The molecule has 0 aromatic carbocycles. The average molecular weight is 251 g/mol. The summed E-state index contributed by atoms with van der Waals surface area (Å²) in [6.45, 7) is 4.55. The van der Waals surface area contributed by atoms with Crippen LogP contribution in [0.5, 0.6) is 0 Å². The van der Waals surface area contributed by atoms with Crippen LogP contribution in [0.1, 0.15) is 32.4 Å². The van der Waals surface area contributed by atoms with Gasteiger partial charge >= 0.3 is 0 Å². The van der Waals surface area contributed by atoms with Crippen LogP contribution in [0, 0.1) is 5.92 Å². The zero-order chi connectivity index (χ0) is 12.3. The second-order valence-corrected chi connectivity index (χ2v) is 5.86. The minimum Gasteiger partial charge on any atom is -0.317 e. The molecule has 2 heterocycles. The van der Waals surface area contributed by atoms with Crippen molar-refractivity contribution in [2.24, 2.45) is 5.92 Å². The molecule has 17 heavy (non-hydrogen) atoms. The molecule has 0 aliphatic heterocycles. The molecule has 0 radical (unpaired) electrons. The number of thiazole rings is 1. The zero-order valence-corrected chi connectivity index (χ0v) is 11.6. The Morgan fingerprint density at radius 2 is 2.24 bits per heavy atom. The summed E-state index contributed by atoms with van der Waals surface area (Å²) in [4.78, 5) is 5.73. The third-order valence-electron chi connectivity index (χ3n) is 3.10. The molecule has 0 saturated carbocycles. The van der Waals surface area contributed by atoms with Gasteiger partial charge in [0, 0.05) is 30.2 Å². The maximum absolute atomic E-state index is 4.63. The van der Waals surface area contributed by atoms with Crippen LogP contribution < -0.4 is 5.32 Å². The Hall–Kier alpha value is -0.870. The van der Waals surface area contributed by atoms with Crippen LogP contribution in [0.25, 0.3) is 4.96 Å². The predicted octanol–water partition coefficient (Wildman–Crippen LogP) is 2.96. The Morgan fingerprint density at radius 1 is 1.41 bits per heavy atom. The molecule has 2 rings (SSSR count). The molecule has 4 heteroatoms. The molecule has 0 bridgehead atoms. The van der Waals surface area contributed by atoms with Crippen LogP contribution in [0.2, 0.25) is 0 Å². The van der Waals surface area contributed by atoms with Gasteiger partial charge < -0.3 is 5.32 Å². The molecule has 0 aliphatic carbocycles. The van der Waals surface area contributed by atoms with E-state index in [1.54, 1.807) is 11.3 Å². The van der Waals surface area contributed by atoms with Crippen molar-refractivity contribution in [2.75, 3.05) is 7.05 Å². The average Bonchev–Trinajstić information content (AvgIpc) is 2.83. The van der Waals surface area contributed by atoms with Crippen LogP contribution in [0.4, 0.5) is 0 Å². The number of nitrogens with one attached hydrogen (secondary N) is 1. The first-order chi connectivity index (χ1) is 8.19. The van der Waals surface area contributed by atoms with Crippen molar-refractivity contribution in [1.82, 2.24) is 14.7 Å². The van der Waals surface area contributed by atoms with Crippen molar-refractivity contribution in [3.05, 3.63) is 23.5 Å². The quantitative estimate of drug-likeness (QED) is 0.855. The van der Waals surface area contributed by atoms with Gasteiger partial charge in [-0.05, 0) is 25.8 Å². The molecule has 1 unspecified atom stereocenters. The van der Waals surface area contributed by atoms with Gasteiger partial charge in [-0.1, -0.05) is 13.8 Å². The maximum atomic E-state index is 4.63. The topological polar surface area (TPSA) is 29.3 Å². The normalized spacial score (nSPS) is 13.6. The van der Waals surface area contributed by atoms with E-state index in [2.05, 4.69) is 46.3 Å². The van der Waals surface area contributed by atoms with Crippen molar-refractivity contribution >= 4 is 16.3 Å². The van der Waals surface area contributed by atoms with Gasteiger partial charge in [0.1, 0.15) is 0 Å². The number of hydrogen-bond donors (Lipinski definition) is 1. The summed E-state index contributed by atoms with van der Waals surface area (Å²) >= 11 is 1.69. The second-order valence-electron chi connectivity index (χ2n) is 4.99. The Kier molecular flexibility index (Phi) is 4.18. The first-order valence-corrected chi connectivity index (χ1v) is 7.15. The minimum atomic E-state index is 0.544. The largest absolute Gasteiger partial charge is 0.317 e. The Morgan fingerprint density at radius 3 is 2.88 bits per heavy atom. The van der Waals surface area contributed by atoms with Crippen LogP contribution >= 0.6 is 11.3 Å². The van der Waals surface area contributed by atoms with E-state index in [4.69, 9.17) is 0 Å². The predicted molar refractivity (Wildman–Crippen MR) is 73.7 cm³/mol. The van der Waals surface area contributed by atoms with Crippen molar-refractivity contribution in [3.8, 4) is 0 Å². The second kappa shape index (κ2) is 5.65. The molecule has 2 aromatic heterocycles. The monoisotopic (exact) mass is 251 g/mol. The summed E-state index contributed by atoms with van der Waals surface area (Å²) in [5, 5.41) is 5.47. The fourth-order valence-electron chi connectivity index (χ4n) is 2.01. The maximum Gasteiger partial charge on any atom is 0.193 e. The van der Waals surface area contributed by atoms with Crippen LogP contribution in [-0.2, 0) is 6.42 Å². The summed E-state index contributed by atoms with van der Waals surface area (Å²) in [5.41, 5.74) is 1.19. The van der Waals surface area contributed by atoms with Crippen LogP contribution in [0.3, 0.4) is 0 Å². The van der Waals surface area contributed by atoms with E-state index in [1.165, 1.54) is 18.5 Å². The molecule has 1 atom stereocenters. The number of aromatic nitrogens is 2. The first-order valence-electron chi connectivity index (χ1n) is 6.27.